The summed E-state index contributed by atoms with van der Waals surface area (Å²) in [6.07, 6.45) is 5.75. The molecule has 4 heteroatoms. The van der Waals surface area contributed by atoms with Gasteiger partial charge in [0.05, 0.1) is 5.69 Å². The van der Waals surface area contributed by atoms with Gasteiger partial charge in [0.1, 0.15) is 5.82 Å². The number of anilines is 1. The van der Waals surface area contributed by atoms with E-state index in [0.717, 1.165) is 31.9 Å². The minimum Gasteiger partial charge on any atom is -0.478 e. The van der Waals surface area contributed by atoms with E-state index in [1.54, 1.807) is 12.1 Å². The molecule has 1 aromatic carbocycles. The number of hydrogen-bond acceptors (Lipinski definition) is 2. The molecule has 102 valence electrons. The molecule has 3 nitrogen and oxygen atoms in total. The highest BCUT2D eigenvalue weighted by Gasteiger charge is 2.22. The minimum absolute atomic E-state index is 0.280. The fourth-order valence-corrected chi connectivity index (χ4v) is 2.56. The van der Waals surface area contributed by atoms with Gasteiger partial charge < -0.3 is 10.0 Å². The van der Waals surface area contributed by atoms with Crippen molar-refractivity contribution >= 4 is 17.7 Å². The molecule has 1 atom stereocenters. The molecular weight excluding hydrogens is 245 g/mol. The maximum Gasteiger partial charge on any atom is 0.328 e. The van der Waals surface area contributed by atoms with Gasteiger partial charge in [-0.1, -0.05) is 12.1 Å². The van der Waals surface area contributed by atoms with Crippen LogP contribution >= 0.6 is 0 Å². The van der Waals surface area contributed by atoms with Gasteiger partial charge in [-0.3, -0.25) is 0 Å². The third kappa shape index (κ3) is 3.13. The predicted molar refractivity (Wildman–Crippen MR) is 73.7 cm³/mol. The smallest absolute Gasteiger partial charge is 0.328 e. The Morgan fingerprint density at radius 2 is 2.26 bits per heavy atom. The number of aliphatic carboxylic acids is 1. The average molecular weight is 263 g/mol. The van der Waals surface area contributed by atoms with Crippen molar-refractivity contribution in [2.75, 3.05) is 11.4 Å². The second-order valence-electron chi connectivity index (χ2n) is 4.89. The monoisotopic (exact) mass is 263 g/mol. The molecule has 1 fully saturated rings. The Morgan fingerprint density at radius 3 is 2.95 bits per heavy atom. The van der Waals surface area contributed by atoms with Crippen LogP contribution in [0.25, 0.3) is 6.08 Å². The molecule has 1 aliphatic heterocycles. The highest BCUT2D eigenvalue weighted by Crippen LogP contribution is 2.31. The zero-order valence-corrected chi connectivity index (χ0v) is 11.0. The van der Waals surface area contributed by atoms with E-state index in [0.29, 0.717) is 11.3 Å². The van der Waals surface area contributed by atoms with Crippen LogP contribution in [0.2, 0.25) is 0 Å². The maximum absolute atomic E-state index is 14.1. The van der Waals surface area contributed by atoms with Crippen LogP contribution in [0.1, 0.15) is 31.7 Å². The molecule has 1 aliphatic rings. The van der Waals surface area contributed by atoms with E-state index in [1.807, 2.05) is 4.90 Å². The summed E-state index contributed by atoms with van der Waals surface area (Å²) in [4.78, 5) is 12.7. The zero-order chi connectivity index (χ0) is 13.8. The number of nitrogens with zero attached hydrogens (tertiary/aromatic N) is 1. The van der Waals surface area contributed by atoms with Gasteiger partial charge in [-0.15, -0.1) is 0 Å². The SMILES string of the molecule is CC1CCCCN1c1c(F)cccc1/C=C/C(=O)O. The van der Waals surface area contributed by atoms with Gasteiger partial charge in [-0.05, 0) is 38.3 Å². The van der Waals surface area contributed by atoms with Gasteiger partial charge in [0.25, 0.3) is 0 Å². The van der Waals surface area contributed by atoms with Crippen molar-refractivity contribution in [3.05, 3.63) is 35.7 Å². The van der Waals surface area contributed by atoms with Crippen molar-refractivity contribution in [3.63, 3.8) is 0 Å². The van der Waals surface area contributed by atoms with Crippen molar-refractivity contribution < 1.29 is 14.3 Å². The molecule has 0 saturated carbocycles. The Kier molecular flexibility index (Phi) is 4.20. The van der Waals surface area contributed by atoms with Crippen LogP contribution < -0.4 is 4.90 Å². The molecule has 0 aliphatic carbocycles. The van der Waals surface area contributed by atoms with Gasteiger partial charge in [0.2, 0.25) is 0 Å². The first kappa shape index (κ1) is 13.6. The summed E-state index contributed by atoms with van der Waals surface area (Å²) in [6.45, 7) is 2.90. The van der Waals surface area contributed by atoms with E-state index in [-0.39, 0.29) is 11.9 Å². The van der Waals surface area contributed by atoms with Crippen LogP contribution in [0.15, 0.2) is 24.3 Å². The largest absolute Gasteiger partial charge is 0.478 e. The van der Waals surface area contributed by atoms with Crippen LogP contribution in [0.4, 0.5) is 10.1 Å². The van der Waals surface area contributed by atoms with Gasteiger partial charge in [-0.2, -0.15) is 0 Å². The second kappa shape index (κ2) is 5.87. The summed E-state index contributed by atoms with van der Waals surface area (Å²) in [6, 6.07) is 5.06. The maximum atomic E-state index is 14.1. The van der Waals surface area contributed by atoms with E-state index in [1.165, 1.54) is 12.1 Å². The lowest BCUT2D eigenvalue weighted by Gasteiger charge is -2.36. The van der Waals surface area contributed by atoms with Crippen molar-refractivity contribution in [2.24, 2.45) is 0 Å². The van der Waals surface area contributed by atoms with Crippen LogP contribution in [-0.2, 0) is 4.79 Å². The molecule has 1 saturated heterocycles. The van der Waals surface area contributed by atoms with Gasteiger partial charge >= 0.3 is 5.97 Å². The fraction of sp³-hybridized carbons (Fsp3) is 0.400. The fourth-order valence-electron chi connectivity index (χ4n) is 2.56. The number of para-hydroxylation sites is 1. The molecule has 19 heavy (non-hydrogen) atoms. The molecule has 1 N–H and O–H groups in total. The van der Waals surface area contributed by atoms with E-state index in [2.05, 4.69) is 6.92 Å². The molecule has 1 unspecified atom stereocenters. The topological polar surface area (TPSA) is 40.5 Å². The van der Waals surface area contributed by atoms with Crippen molar-refractivity contribution in [1.82, 2.24) is 0 Å². The van der Waals surface area contributed by atoms with E-state index < -0.39 is 5.97 Å². The first-order chi connectivity index (χ1) is 9.09. The Bertz CT molecular complexity index is 499. The van der Waals surface area contributed by atoms with Gasteiger partial charge in [0, 0.05) is 24.2 Å². The molecular formula is C15H18FNO2. The first-order valence-corrected chi connectivity index (χ1v) is 6.56. The summed E-state index contributed by atoms with van der Waals surface area (Å²) < 4.78 is 14.1. The third-order valence-corrected chi connectivity index (χ3v) is 3.51. The zero-order valence-electron chi connectivity index (χ0n) is 11.0. The van der Waals surface area contributed by atoms with E-state index in [9.17, 15) is 9.18 Å². The van der Waals surface area contributed by atoms with Crippen LogP contribution in [0.3, 0.4) is 0 Å². The normalized spacial score (nSPS) is 19.9. The summed E-state index contributed by atoms with van der Waals surface area (Å²) in [5.74, 6) is -1.32. The van der Waals surface area contributed by atoms with Crippen molar-refractivity contribution in [1.29, 1.82) is 0 Å². The average Bonchev–Trinajstić information content (AvgIpc) is 2.37. The lowest BCUT2D eigenvalue weighted by Crippen LogP contribution is -2.38. The molecule has 0 aromatic heterocycles. The van der Waals surface area contributed by atoms with E-state index in [4.69, 9.17) is 5.11 Å². The summed E-state index contributed by atoms with van der Waals surface area (Å²) >= 11 is 0. The predicted octanol–water partition coefficient (Wildman–Crippen LogP) is 3.30. The number of halogens is 1. The number of carbonyl (C=O) groups is 1. The van der Waals surface area contributed by atoms with Crippen molar-refractivity contribution in [3.8, 4) is 0 Å². The molecule has 0 spiro atoms. The number of rotatable bonds is 3. The van der Waals surface area contributed by atoms with Crippen LogP contribution in [0, 0.1) is 5.82 Å². The molecule has 0 radical (unpaired) electrons. The Labute approximate surface area is 112 Å². The number of hydrogen-bond donors (Lipinski definition) is 1. The molecule has 1 aromatic rings. The van der Waals surface area contributed by atoms with Gasteiger partial charge in [-0.25, -0.2) is 9.18 Å². The van der Waals surface area contributed by atoms with Crippen LogP contribution in [-0.4, -0.2) is 23.7 Å². The number of carboxylic acid groups (broad SMARTS) is 1. The summed E-state index contributed by atoms with van der Waals surface area (Å²) in [5.41, 5.74) is 1.14. The molecule has 0 bridgehead atoms. The highest BCUT2D eigenvalue weighted by molar-refractivity contribution is 5.87. The summed E-state index contributed by atoms with van der Waals surface area (Å²) in [5, 5.41) is 8.70. The quantitative estimate of drug-likeness (QED) is 0.851. The minimum atomic E-state index is -1.03. The Hall–Kier alpha value is -1.84. The van der Waals surface area contributed by atoms with Gasteiger partial charge in [0.15, 0.2) is 0 Å². The second-order valence-corrected chi connectivity index (χ2v) is 4.89. The standard InChI is InChI=1S/C15H18FNO2/c1-11-5-2-3-10-17(11)15-12(8-9-14(18)19)6-4-7-13(15)16/h4,6-9,11H,2-3,5,10H2,1H3,(H,18,19)/b9-8+. The Balaban J connectivity index is 2.39. The molecule has 2 rings (SSSR count). The number of carboxylic acids is 1. The lowest BCUT2D eigenvalue weighted by atomic mass is 10.0. The highest BCUT2D eigenvalue weighted by atomic mass is 19.1. The lowest BCUT2D eigenvalue weighted by molar-refractivity contribution is -0.131. The number of benzene rings is 1. The molecule has 0 amide bonds. The molecule has 1 heterocycles. The van der Waals surface area contributed by atoms with Crippen LogP contribution in [0.5, 0.6) is 0 Å². The van der Waals surface area contributed by atoms with Crippen molar-refractivity contribution in [2.45, 2.75) is 32.2 Å². The van der Waals surface area contributed by atoms with E-state index >= 15 is 0 Å². The summed E-state index contributed by atoms with van der Waals surface area (Å²) in [7, 11) is 0. The third-order valence-electron chi connectivity index (χ3n) is 3.51. The Morgan fingerprint density at radius 1 is 1.47 bits per heavy atom. The number of piperidine rings is 1. The first-order valence-electron chi connectivity index (χ1n) is 6.56.